The molecule has 0 unspecified atom stereocenters. The van der Waals surface area contributed by atoms with Crippen molar-refractivity contribution in [1.29, 1.82) is 0 Å². The fraction of sp³-hybridized carbons (Fsp3) is 0.440. The average molecular weight is 553 g/mol. The average Bonchev–Trinajstić information content (AvgIpc) is 2.78. The third-order valence-electron chi connectivity index (χ3n) is 5.46. The number of nitrogens with zero attached hydrogens (tertiary/aromatic N) is 2. The van der Waals surface area contributed by atoms with E-state index in [1.165, 1.54) is 4.90 Å². The summed E-state index contributed by atoms with van der Waals surface area (Å²) < 4.78 is 27.0. The lowest BCUT2D eigenvalue weighted by molar-refractivity contribution is -0.140. The van der Waals surface area contributed by atoms with Gasteiger partial charge in [0.25, 0.3) is 0 Å². The quantitative estimate of drug-likeness (QED) is 0.399. The number of benzene rings is 2. The highest BCUT2D eigenvalue weighted by atomic mass is 79.9. The Kier molecular flexibility index (Phi) is 10.6. The molecule has 7 nitrogen and oxygen atoms in total. The van der Waals surface area contributed by atoms with E-state index >= 15 is 0 Å². The second kappa shape index (κ2) is 12.9. The van der Waals surface area contributed by atoms with Crippen LogP contribution in [-0.2, 0) is 26.2 Å². The molecule has 0 radical (unpaired) electrons. The van der Waals surface area contributed by atoms with E-state index in [0.717, 1.165) is 34.5 Å². The van der Waals surface area contributed by atoms with Crippen molar-refractivity contribution in [2.75, 3.05) is 23.7 Å². The fourth-order valence-corrected chi connectivity index (χ4v) is 4.79. The van der Waals surface area contributed by atoms with Crippen LogP contribution in [-0.4, -0.2) is 50.5 Å². The zero-order valence-corrected chi connectivity index (χ0v) is 22.7. The molecule has 0 aliphatic rings. The lowest BCUT2D eigenvalue weighted by Crippen LogP contribution is -2.52. The highest BCUT2D eigenvalue weighted by Crippen LogP contribution is 2.23. The number of aryl methyl sites for hydroxylation is 1. The lowest BCUT2D eigenvalue weighted by atomic mass is 10.1. The maximum Gasteiger partial charge on any atom is 0.244 e. The smallest absolute Gasteiger partial charge is 0.244 e. The first-order valence-corrected chi connectivity index (χ1v) is 14.1. The van der Waals surface area contributed by atoms with E-state index in [-0.39, 0.29) is 12.5 Å². The number of sulfonamides is 1. The SMILES string of the molecule is CCCCNC(=O)[C@@H](CC)N(Cc1ccc(C)cc1)C(=O)CN(c1cccc(Br)c1)S(C)(=O)=O. The molecule has 0 aromatic heterocycles. The molecular formula is C25H34BrN3O4S. The van der Waals surface area contributed by atoms with Crippen LogP contribution in [0.25, 0.3) is 0 Å². The van der Waals surface area contributed by atoms with Crippen molar-refractivity contribution in [2.24, 2.45) is 0 Å². The van der Waals surface area contributed by atoms with Gasteiger partial charge >= 0.3 is 0 Å². The van der Waals surface area contributed by atoms with Crippen LogP contribution in [0.2, 0.25) is 0 Å². The molecule has 2 amide bonds. The van der Waals surface area contributed by atoms with Crippen LogP contribution < -0.4 is 9.62 Å². The van der Waals surface area contributed by atoms with Crippen LogP contribution in [0.15, 0.2) is 53.0 Å². The Bertz CT molecular complexity index is 1070. The number of carbonyl (C=O) groups is 2. The molecule has 0 saturated carbocycles. The summed E-state index contributed by atoms with van der Waals surface area (Å²) in [6.45, 7) is 6.20. The van der Waals surface area contributed by atoms with Crippen LogP contribution in [0.5, 0.6) is 0 Å². The molecule has 2 rings (SSSR count). The molecule has 0 saturated heterocycles. The van der Waals surface area contributed by atoms with Gasteiger partial charge in [0, 0.05) is 17.6 Å². The minimum atomic E-state index is -3.75. The van der Waals surface area contributed by atoms with Gasteiger partial charge in [-0.25, -0.2) is 8.42 Å². The van der Waals surface area contributed by atoms with Crippen molar-refractivity contribution in [1.82, 2.24) is 10.2 Å². The Morgan fingerprint density at radius 2 is 1.76 bits per heavy atom. The van der Waals surface area contributed by atoms with Gasteiger partial charge in [0.2, 0.25) is 21.8 Å². The normalized spacial score (nSPS) is 12.1. The largest absolute Gasteiger partial charge is 0.354 e. The van der Waals surface area contributed by atoms with E-state index in [0.29, 0.717) is 23.1 Å². The molecule has 9 heteroatoms. The summed E-state index contributed by atoms with van der Waals surface area (Å²) in [5.74, 6) is -0.673. The standard InChI is InChI=1S/C25H34BrN3O4S/c1-5-7-15-27-25(31)23(6-2)28(17-20-13-11-19(3)12-14-20)24(30)18-29(34(4,32)33)22-10-8-9-21(26)16-22/h8-14,16,23H,5-7,15,17-18H2,1-4H3,(H,27,31)/t23-/m1/s1. The van der Waals surface area contributed by atoms with Crippen LogP contribution in [0.1, 0.15) is 44.2 Å². The van der Waals surface area contributed by atoms with Crippen LogP contribution in [0.3, 0.4) is 0 Å². The Hall–Kier alpha value is -2.39. The maximum atomic E-state index is 13.6. The van der Waals surface area contributed by atoms with Gasteiger partial charge in [0.05, 0.1) is 11.9 Å². The summed E-state index contributed by atoms with van der Waals surface area (Å²) in [4.78, 5) is 28.1. The third kappa shape index (κ3) is 8.13. The number of halogens is 1. The second-order valence-corrected chi connectivity index (χ2v) is 11.1. The number of amides is 2. The molecule has 34 heavy (non-hydrogen) atoms. The maximum absolute atomic E-state index is 13.6. The highest BCUT2D eigenvalue weighted by Gasteiger charge is 2.31. The number of hydrogen-bond donors (Lipinski definition) is 1. The molecule has 0 bridgehead atoms. The predicted octanol–water partition coefficient (Wildman–Crippen LogP) is 4.25. The monoisotopic (exact) mass is 551 g/mol. The van der Waals surface area contributed by atoms with Gasteiger partial charge in [-0.1, -0.05) is 72.1 Å². The minimum absolute atomic E-state index is 0.203. The minimum Gasteiger partial charge on any atom is -0.354 e. The number of carbonyl (C=O) groups excluding carboxylic acids is 2. The zero-order chi connectivity index (χ0) is 25.3. The van der Waals surface area contributed by atoms with Crippen molar-refractivity contribution in [3.05, 3.63) is 64.1 Å². The molecule has 0 aliphatic carbocycles. The summed E-state index contributed by atoms with van der Waals surface area (Å²) in [6, 6.07) is 13.8. The molecule has 0 spiro atoms. The molecule has 2 aromatic rings. The molecule has 186 valence electrons. The van der Waals surface area contributed by atoms with E-state index in [4.69, 9.17) is 0 Å². The van der Waals surface area contributed by atoms with Gasteiger partial charge in [-0.05, 0) is 43.5 Å². The first kappa shape index (κ1) is 27.9. The summed E-state index contributed by atoms with van der Waals surface area (Å²) in [5.41, 5.74) is 2.33. The summed E-state index contributed by atoms with van der Waals surface area (Å²) in [7, 11) is -3.75. The van der Waals surface area contributed by atoms with Gasteiger partial charge in [0.1, 0.15) is 12.6 Å². The first-order valence-electron chi connectivity index (χ1n) is 11.4. The lowest BCUT2D eigenvalue weighted by Gasteiger charge is -2.33. The Labute approximate surface area is 211 Å². The molecule has 0 fully saturated rings. The summed E-state index contributed by atoms with van der Waals surface area (Å²) >= 11 is 3.36. The number of unbranched alkanes of at least 4 members (excludes halogenated alkanes) is 1. The van der Waals surface area contributed by atoms with Gasteiger partial charge in [-0.2, -0.15) is 0 Å². The second-order valence-electron chi connectivity index (χ2n) is 8.33. The third-order valence-corrected chi connectivity index (χ3v) is 7.10. The number of nitrogens with one attached hydrogen (secondary N) is 1. The Balaban J connectivity index is 2.39. The van der Waals surface area contributed by atoms with E-state index in [9.17, 15) is 18.0 Å². The van der Waals surface area contributed by atoms with Gasteiger partial charge in [-0.3, -0.25) is 13.9 Å². The van der Waals surface area contributed by atoms with Crippen molar-refractivity contribution in [2.45, 2.75) is 52.6 Å². The fourth-order valence-electron chi connectivity index (χ4n) is 3.56. The zero-order valence-electron chi connectivity index (χ0n) is 20.3. The molecule has 0 aliphatic heterocycles. The summed E-state index contributed by atoms with van der Waals surface area (Å²) in [5, 5.41) is 2.92. The highest BCUT2D eigenvalue weighted by molar-refractivity contribution is 9.10. The van der Waals surface area contributed by atoms with Gasteiger partial charge < -0.3 is 10.2 Å². The Morgan fingerprint density at radius 1 is 1.09 bits per heavy atom. The number of hydrogen-bond acceptors (Lipinski definition) is 4. The molecule has 2 aromatic carbocycles. The van der Waals surface area contributed by atoms with Crippen LogP contribution in [0.4, 0.5) is 5.69 Å². The van der Waals surface area contributed by atoms with E-state index in [2.05, 4.69) is 21.2 Å². The van der Waals surface area contributed by atoms with Crippen molar-refractivity contribution >= 4 is 43.5 Å². The van der Waals surface area contributed by atoms with Crippen molar-refractivity contribution < 1.29 is 18.0 Å². The number of rotatable bonds is 12. The molecule has 1 N–H and O–H groups in total. The Morgan fingerprint density at radius 3 is 2.32 bits per heavy atom. The van der Waals surface area contributed by atoms with Crippen LogP contribution in [0, 0.1) is 6.92 Å². The summed E-state index contributed by atoms with van der Waals surface area (Å²) in [6.07, 6.45) is 3.27. The van der Waals surface area contributed by atoms with Gasteiger partial charge in [-0.15, -0.1) is 0 Å². The van der Waals surface area contributed by atoms with Gasteiger partial charge in [0.15, 0.2) is 0 Å². The number of anilines is 1. The topological polar surface area (TPSA) is 86.8 Å². The van der Waals surface area contributed by atoms with E-state index in [1.54, 1.807) is 24.3 Å². The van der Waals surface area contributed by atoms with E-state index < -0.39 is 28.5 Å². The van der Waals surface area contributed by atoms with Crippen molar-refractivity contribution in [3.63, 3.8) is 0 Å². The van der Waals surface area contributed by atoms with Crippen molar-refractivity contribution in [3.8, 4) is 0 Å². The predicted molar refractivity (Wildman–Crippen MR) is 140 cm³/mol. The molecule has 1 atom stereocenters. The molecule has 0 heterocycles. The van der Waals surface area contributed by atoms with E-state index in [1.807, 2.05) is 45.0 Å². The molecular weight excluding hydrogens is 518 g/mol. The first-order chi connectivity index (χ1) is 16.1. The van der Waals surface area contributed by atoms with Crippen LogP contribution >= 0.6 is 15.9 Å².